The second-order valence-electron chi connectivity index (χ2n) is 5.91. The quantitative estimate of drug-likeness (QED) is 0.913. The van der Waals surface area contributed by atoms with Crippen molar-refractivity contribution in [3.05, 3.63) is 34.9 Å². The molecule has 106 valence electrons. The zero-order chi connectivity index (χ0) is 13.9. The van der Waals surface area contributed by atoms with Crippen LogP contribution in [0.4, 0.5) is 0 Å². The molecule has 1 saturated carbocycles. The highest BCUT2D eigenvalue weighted by atomic mass is 35.5. The van der Waals surface area contributed by atoms with Crippen LogP contribution in [0, 0.1) is 0 Å². The molecule has 1 aromatic carbocycles. The Morgan fingerprint density at radius 2 is 1.95 bits per heavy atom. The molecule has 1 atom stereocenters. The second kappa shape index (κ2) is 6.25. The molecule has 2 rings (SSSR count). The number of benzene rings is 1. The number of halogens is 1. The van der Waals surface area contributed by atoms with Crippen molar-refractivity contribution in [3.8, 4) is 0 Å². The molecule has 3 heteroatoms. The Balaban J connectivity index is 2.13. The van der Waals surface area contributed by atoms with E-state index in [1.807, 2.05) is 24.3 Å². The molecule has 1 unspecified atom stereocenters. The summed E-state index contributed by atoms with van der Waals surface area (Å²) in [6, 6.07) is 7.82. The minimum Gasteiger partial charge on any atom is -0.391 e. The number of aliphatic hydroxyl groups excluding tert-OH is 1. The third-order valence-electron chi connectivity index (χ3n) is 4.55. The van der Waals surface area contributed by atoms with Crippen molar-refractivity contribution in [3.63, 3.8) is 0 Å². The van der Waals surface area contributed by atoms with Gasteiger partial charge in [0.1, 0.15) is 0 Å². The van der Waals surface area contributed by atoms with E-state index in [9.17, 15) is 5.11 Å². The minimum absolute atomic E-state index is 0.0689. The summed E-state index contributed by atoms with van der Waals surface area (Å²) in [6.07, 6.45) is 6.23. The number of nitrogens with zero attached hydrogens (tertiary/aromatic N) is 1. The maximum absolute atomic E-state index is 10.8. The molecule has 0 aromatic heterocycles. The molecule has 0 aliphatic heterocycles. The van der Waals surface area contributed by atoms with Crippen LogP contribution in [0.15, 0.2) is 24.3 Å². The SMILES string of the molecule is CN(C)C1(C(O)Cc2cccc(Cl)c2)CCCCC1. The molecule has 0 saturated heterocycles. The first-order valence-electron chi connectivity index (χ1n) is 7.14. The van der Waals surface area contributed by atoms with Crippen LogP contribution in [0.25, 0.3) is 0 Å². The topological polar surface area (TPSA) is 23.5 Å². The molecule has 0 bridgehead atoms. The molecule has 1 aliphatic rings. The number of aliphatic hydroxyl groups is 1. The maximum atomic E-state index is 10.8. The summed E-state index contributed by atoms with van der Waals surface area (Å²) >= 11 is 6.02. The van der Waals surface area contributed by atoms with Gasteiger partial charge in [0.15, 0.2) is 0 Å². The van der Waals surface area contributed by atoms with Crippen molar-refractivity contribution >= 4 is 11.6 Å². The van der Waals surface area contributed by atoms with Crippen LogP contribution in [0.5, 0.6) is 0 Å². The predicted molar refractivity (Wildman–Crippen MR) is 80.7 cm³/mol. The molecule has 0 amide bonds. The third kappa shape index (κ3) is 3.31. The highest BCUT2D eigenvalue weighted by molar-refractivity contribution is 6.30. The fourth-order valence-electron chi connectivity index (χ4n) is 3.32. The molecule has 19 heavy (non-hydrogen) atoms. The van der Waals surface area contributed by atoms with Gasteiger partial charge in [0.25, 0.3) is 0 Å². The number of likely N-dealkylation sites (N-methyl/N-ethyl adjacent to an activating group) is 1. The third-order valence-corrected chi connectivity index (χ3v) is 4.78. The van der Waals surface area contributed by atoms with E-state index in [1.165, 1.54) is 19.3 Å². The first kappa shape index (κ1) is 14.8. The largest absolute Gasteiger partial charge is 0.391 e. The summed E-state index contributed by atoms with van der Waals surface area (Å²) in [6.45, 7) is 0. The standard InChI is InChI=1S/C16H24ClNO/c1-18(2)16(9-4-3-5-10-16)15(19)12-13-7-6-8-14(17)11-13/h6-8,11,15,19H,3-5,9-10,12H2,1-2H3. The van der Waals surface area contributed by atoms with Crippen LogP contribution in [0.1, 0.15) is 37.7 Å². The van der Waals surface area contributed by atoms with Gasteiger partial charge in [-0.1, -0.05) is 43.0 Å². The van der Waals surface area contributed by atoms with Gasteiger partial charge in [-0.05, 0) is 44.6 Å². The maximum Gasteiger partial charge on any atom is 0.0763 e. The van der Waals surface area contributed by atoms with E-state index in [0.717, 1.165) is 23.4 Å². The van der Waals surface area contributed by atoms with E-state index >= 15 is 0 Å². The first-order chi connectivity index (χ1) is 9.04. The highest BCUT2D eigenvalue weighted by Crippen LogP contribution is 2.36. The molecule has 0 heterocycles. The van der Waals surface area contributed by atoms with Crippen molar-refractivity contribution in [2.24, 2.45) is 0 Å². The van der Waals surface area contributed by atoms with E-state index in [1.54, 1.807) is 0 Å². The fourth-order valence-corrected chi connectivity index (χ4v) is 3.53. The van der Waals surface area contributed by atoms with Crippen molar-refractivity contribution in [2.75, 3.05) is 14.1 Å². The summed E-state index contributed by atoms with van der Waals surface area (Å²) in [7, 11) is 4.18. The Morgan fingerprint density at radius 1 is 1.26 bits per heavy atom. The van der Waals surface area contributed by atoms with Crippen LogP contribution in [0.2, 0.25) is 5.02 Å². The lowest BCUT2D eigenvalue weighted by atomic mass is 9.75. The molecule has 0 radical (unpaired) electrons. The predicted octanol–water partition coefficient (Wildman–Crippen LogP) is 3.51. The molecular formula is C16H24ClNO. The van der Waals surface area contributed by atoms with E-state index in [4.69, 9.17) is 11.6 Å². The second-order valence-corrected chi connectivity index (χ2v) is 6.34. The van der Waals surface area contributed by atoms with Crippen LogP contribution in [0.3, 0.4) is 0 Å². The van der Waals surface area contributed by atoms with E-state index < -0.39 is 0 Å². The summed E-state index contributed by atoms with van der Waals surface area (Å²) in [5.74, 6) is 0. The van der Waals surface area contributed by atoms with Gasteiger partial charge in [-0.3, -0.25) is 0 Å². The molecule has 0 spiro atoms. The lowest BCUT2D eigenvalue weighted by Gasteiger charge is -2.46. The number of rotatable bonds is 4. The first-order valence-corrected chi connectivity index (χ1v) is 7.52. The van der Waals surface area contributed by atoms with Crippen molar-refractivity contribution in [1.82, 2.24) is 4.90 Å². The average Bonchev–Trinajstić information content (AvgIpc) is 2.39. The van der Waals surface area contributed by atoms with Crippen molar-refractivity contribution in [1.29, 1.82) is 0 Å². The van der Waals surface area contributed by atoms with Crippen molar-refractivity contribution in [2.45, 2.75) is 50.2 Å². The molecule has 1 N–H and O–H groups in total. The van der Waals surface area contributed by atoms with Gasteiger partial charge in [0, 0.05) is 17.0 Å². The van der Waals surface area contributed by atoms with Crippen LogP contribution < -0.4 is 0 Å². The van der Waals surface area contributed by atoms with Crippen molar-refractivity contribution < 1.29 is 5.11 Å². The summed E-state index contributed by atoms with van der Waals surface area (Å²) < 4.78 is 0. The fraction of sp³-hybridized carbons (Fsp3) is 0.625. The van der Waals surface area contributed by atoms with Gasteiger partial charge in [0.05, 0.1) is 6.10 Å². The van der Waals surface area contributed by atoms with E-state index in [-0.39, 0.29) is 11.6 Å². The van der Waals surface area contributed by atoms with Gasteiger partial charge in [0.2, 0.25) is 0 Å². The molecule has 1 fully saturated rings. The van der Waals surface area contributed by atoms with E-state index in [0.29, 0.717) is 6.42 Å². The Morgan fingerprint density at radius 3 is 2.53 bits per heavy atom. The Bertz CT molecular complexity index is 413. The van der Waals surface area contributed by atoms with Gasteiger partial charge in [-0.15, -0.1) is 0 Å². The summed E-state index contributed by atoms with van der Waals surface area (Å²) in [5.41, 5.74) is 1.05. The number of hydrogen-bond donors (Lipinski definition) is 1. The Kier molecular flexibility index (Phi) is 4.88. The molecule has 2 nitrogen and oxygen atoms in total. The average molecular weight is 282 g/mol. The Labute approximate surface area is 121 Å². The summed E-state index contributed by atoms with van der Waals surface area (Å²) in [5, 5.41) is 11.5. The minimum atomic E-state index is -0.332. The Hall–Kier alpha value is -0.570. The lowest BCUT2D eigenvalue weighted by molar-refractivity contribution is -0.0310. The summed E-state index contributed by atoms with van der Waals surface area (Å²) in [4.78, 5) is 2.22. The molecular weight excluding hydrogens is 258 g/mol. The van der Waals surface area contributed by atoms with Crippen LogP contribution in [-0.2, 0) is 6.42 Å². The van der Waals surface area contributed by atoms with Crippen LogP contribution in [-0.4, -0.2) is 35.7 Å². The van der Waals surface area contributed by atoms with Gasteiger partial charge >= 0.3 is 0 Å². The molecule has 1 aliphatic carbocycles. The zero-order valence-corrected chi connectivity index (χ0v) is 12.7. The van der Waals surface area contributed by atoms with Gasteiger partial charge < -0.3 is 10.0 Å². The smallest absolute Gasteiger partial charge is 0.0763 e. The number of hydrogen-bond acceptors (Lipinski definition) is 2. The zero-order valence-electron chi connectivity index (χ0n) is 11.9. The lowest BCUT2D eigenvalue weighted by Crippen LogP contribution is -2.55. The van der Waals surface area contributed by atoms with Crippen LogP contribution >= 0.6 is 11.6 Å². The normalized spacial score (nSPS) is 20.5. The molecule has 1 aromatic rings. The monoisotopic (exact) mass is 281 g/mol. The van der Waals surface area contributed by atoms with Gasteiger partial charge in [-0.2, -0.15) is 0 Å². The highest BCUT2D eigenvalue weighted by Gasteiger charge is 2.40. The van der Waals surface area contributed by atoms with E-state index in [2.05, 4.69) is 19.0 Å². The van der Waals surface area contributed by atoms with Gasteiger partial charge in [-0.25, -0.2) is 0 Å².